The van der Waals surface area contributed by atoms with E-state index in [0.717, 1.165) is 12.3 Å². The number of hydrogen-bond donors (Lipinski definition) is 0. The molecule has 0 fully saturated rings. The summed E-state index contributed by atoms with van der Waals surface area (Å²) in [4.78, 5) is 10.7. The number of carbonyl (C=O) groups is 1. The Morgan fingerprint density at radius 2 is 1.59 bits per heavy atom. The minimum atomic E-state index is 0. The Kier molecular flexibility index (Phi) is 14.9. The maximum atomic E-state index is 10.7. The summed E-state index contributed by atoms with van der Waals surface area (Å²) in [6.07, 6.45) is 14.0. The summed E-state index contributed by atoms with van der Waals surface area (Å²) in [6, 6.07) is 0. The number of rotatable bonds is 10. The Hall–Kier alpha value is -0.590. The average Bonchev–Trinajstić information content (AvgIpc) is 2.20. The van der Waals surface area contributed by atoms with Crippen molar-refractivity contribution in [2.45, 2.75) is 79.6 Å². The number of allylic oxidation sites excluding steroid dienone is 2. The Balaban J connectivity index is 0. The van der Waals surface area contributed by atoms with Gasteiger partial charge in [0, 0.05) is 6.42 Å². The third kappa shape index (κ3) is 18.0. The molecule has 0 atom stereocenters. The Morgan fingerprint density at radius 1 is 1.00 bits per heavy atom. The molecular formula is C16H32O. The number of Topliss-reactive ketones (excluding diaryl/α,β-unsaturated/α-hetero) is 1. The zero-order chi connectivity index (χ0) is 12.2. The normalized spacial score (nSPS) is 10.8. The molecule has 0 aromatic rings. The topological polar surface area (TPSA) is 17.1 Å². The van der Waals surface area contributed by atoms with Crippen LogP contribution in [0.4, 0.5) is 0 Å². The quantitative estimate of drug-likeness (QED) is 0.362. The minimum Gasteiger partial charge on any atom is -0.300 e. The molecule has 0 N–H and O–H groups in total. The molecule has 102 valence electrons. The van der Waals surface area contributed by atoms with Crippen LogP contribution in [0.2, 0.25) is 0 Å². The highest BCUT2D eigenvalue weighted by molar-refractivity contribution is 5.76. The summed E-state index contributed by atoms with van der Waals surface area (Å²) in [5.74, 6) is 1.11. The molecule has 0 rings (SSSR count). The van der Waals surface area contributed by atoms with Crippen molar-refractivity contribution in [3.8, 4) is 0 Å². The van der Waals surface area contributed by atoms with Gasteiger partial charge in [-0.25, -0.2) is 0 Å². The van der Waals surface area contributed by atoms with Gasteiger partial charge in [0.15, 0.2) is 0 Å². The van der Waals surface area contributed by atoms with Crippen LogP contribution >= 0.6 is 0 Å². The third-order valence-electron chi connectivity index (χ3n) is 2.72. The summed E-state index contributed by atoms with van der Waals surface area (Å²) in [6.45, 7) is 6.22. The number of carbonyl (C=O) groups excluding carboxylic acids is 1. The van der Waals surface area contributed by atoms with Crippen molar-refractivity contribution in [3.63, 3.8) is 0 Å². The number of ketones is 1. The molecule has 0 aliphatic rings. The first-order valence-corrected chi connectivity index (χ1v) is 6.77. The van der Waals surface area contributed by atoms with E-state index in [-0.39, 0.29) is 13.2 Å². The van der Waals surface area contributed by atoms with Gasteiger partial charge in [0.05, 0.1) is 0 Å². The van der Waals surface area contributed by atoms with Crippen LogP contribution in [0.25, 0.3) is 0 Å². The molecule has 0 aromatic carbocycles. The predicted molar refractivity (Wildman–Crippen MR) is 78.3 cm³/mol. The van der Waals surface area contributed by atoms with Gasteiger partial charge in [0.25, 0.3) is 0 Å². The largest absolute Gasteiger partial charge is 0.300 e. The van der Waals surface area contributed by atoms with E-state index < -0.39 is 0 Å². The monoisotopic (exact) mass is 240 g/mol. The molecule has 0 saturated carbocycles. The van der Waals surface area contributed by atoms with Crippen molar-refractivity contribution in [3.05, 3.63) is 12.2 Å². The van der Waals surface area contributed by atoms with Crippen molar-refractivity contribution in [1.82, 2.24) is 0 Å². The van der Waals surface area contributed by atoms with Crippen LogP contribution in [0.5, 0.6) is 0 Å². The second-order valence-corrected chi connectivity index (χ2v) is 5.12. The highest BCUT2D eigenvalue weighted by atomic mass is 16.1. The van der Waals surface area contributed by atoms with Crippen LogP contribution in [0.3, 0.4) is 0 Å². The fraction of sp³-hybridized carbons (Fsp3) is 0.812. The summed E-state index contributed by atoms with van der Waals surface area (Å²) in [7, 11) is 0. The molecule has 1 nitrogen and oxygen atoms in total. The van der Waals surface area contributed by atoms with Crippen LogP contribution in [0.1, 0.15) is 79.6 Å². The molecule has 0 aliphatic heterocycles. The first-order chi connectivity index (χ1) is 7.63. The van der Waals surface area contributed by atoms with E-state index in [1.165, 1.54) is 38.5 Å². The molecule has 0 aromatic heterocycles. The van der Waals surface area contributed by atoms with E-state index >= 15 is 0 Å². The average molecular weight is 240 g/mol. The van der Waals surface area contributed by atoms with Crippen molar-refractivity contribution in [2.75, 3.05) is 0 Å². The van der Waals surface area contributed by atoms with Gasteiger partial charge in [0.1, 0.15) is 5.78 Å². The maximum Gasteiger partial charge on any atom is 0.133 e. The molecule has 0 heterocycles. The maximum absolute atomic E-state index is 10.7. The predicted octanol–water partition coefficient (Wildman–Crippen LogP) is 5.54. The van der Waals surface area contributed by atoms with Crippen LogP contribution in [0, 0.1) is 5.92 Å². The summed E-state index contributed by atoms with van der Waals surface area (Å²) >= 11 is 0. The van der Waals surface area contributed by atoms with Crippen molar-refractivity contribution in [2.24, 2.45) is 5.92 Å². The first kappa shape index (κ1) is 18.8. The van der Waals surface area contributed by atoms with Gasteiger partial charge in [-0.1, -0.05) is 65.5 Å². The van der Waals surface area contributed by atoms with Gasteiger partial charge in [-0.2, -0.15) is 0 Å². The second kappa shape index (κ2) is 13.5. The molecule has 0 saturated heterocycles. The fourth-order valence-electron chi connectivity index (χ4n) is 1.71. The van der Waals surface area contributed by atoms with Crippen molar-refractivity contribution in [1.29, 1.82) is 0 Å². The highest BCUT2D eigenvalue weighted by Gasteiger charge is 1.94. The lowest BCUT2D eigenvalue weighted by molar-refractivity contribution is -0.116. The summed E-state index contributed by atoms with van der Waals surface area (Å²) < 4.78 is 0. The minimum absolute atomic E-state index is 0. The van der Waals surface area contributed by atoms with Crippen molar-refractivity contribution >= 4 is 5.78 Å². The van der Waals surface area contributed by atoms with Gasteiger partial charge in [0.2, 0.25) is 0 Å². The Labute approximate surface area is 109 Å². The van der Waals surface area contributed by atoms with E-state index in [4.69, 9.17) is 0 Å². The smallest absolute Gasteiger partial charge is 0.133 e. The van der Waals surface area contributed by atoms with E-state index in [1.54, 1.807) is 6.92 Å². The van der Waals surface area contributed by atoms with Crippen LogP contribution in [-0.2, 0) is 4.79 Å². The van der Waals surface area contributed by atoms with E-state index in [1.807, 2.05) is 6.08 Å². The molecule has 0 amide bonds. The zero-order valence-electron chi connectivity index (χ0n) is 11.3. The van der Waals surface area contributed by atoms with E-state index in [0.29, 0.717) is 6.42 Å². The molecule has 0 spiro atoms. The van der Waals surface area contributed by atoms with Gasteiger partial charge in [-0.05, 0) is 25.7 Å². The Bertz CT molecular complexity index is 192. The third-order valence-corrected chi connectivity index (χ3v) is 2.72. The fourth-order valence-corrected chi connectivity index (χ4v) is 1.71. The van der Waals surface area contributed by atoms with Gasteiger partial charge in [-0.3, -0.25) is 4.79 Å². The van der Waals surface area contributed by atoms with E-state index in [2.05, 4.69) is 19.9 Å². The molecular weight excluding hydrogens is 208 g/mol. The molecule has 0 unspecified atom stereocenters. The van der Waals surface area contributed by atoms with Crippen LogP contribution < -0.4 is 0 Å². The van der Waals surface area contributed by atoms with Crippen molar-refractivity contribution < 1.29 is 4.79 Å². The summed E-state index contributed by atoms with van der Waals surface area (Å²) in [5, 5.41) is 0. The number of hydrogen-bond acceptors (Lipinski definition) is 1. The molecule has 0 radical (unpaired) electrons. The standard InChI is InChI=1S/C15H28O.CH4/c1-14(2)12-10-8-6-4-5-7-9-11-13-15(3)16;/h9,11,14H,4-8,10,12-13H2,1-3H3;1H4/b11-9-;. The summed E-state index contributed by atoms with van der Waals surface area (Å²) in [5.41, 5.74) is 0. The second-order valence-electron chi connectivity index (χ2n) is 5.12. The highest BCUT2D eigenvalue weighted by Crippen LogP contribution is 2.11. The molecule has 1 heteroatoms. The van der Waals surface area contributed by atoms with Gasteiger partial charge in [-0.15, -0.1) is 0 Å². The van der Waals surface area contributed by atoms with Gasteiger partial charge >= 0.3 is 0 Å². The molecule has 0 aliphatic carbocycles. The number of unbranched alkanes of at least 4 members (excludes halogenated alkanes) is 5. The van der Waals surface area contributed by atoms with E-state index in [9.17, 15) is 4.79 Å². The lowest BCUT2D eigenvalue weighted by atomic mass is 10.0. The van der Waals surface area contributed by atoms with Crippen LogP contribution in [-0.4, -0.2) is 5.78 Å². The lowest BCUT2D eigenvalue weighted by Gasteiger charge is -2.03. The van der Waals surface area contributed by atoms with Crippen LogP contribution in [0.15, 0.2) is 12.2 Å². The van der Waals surface area contributed by atoms with Gasteiger partial charge < -0.3 is 0 Å². The first-order valence-electron chi connectivity index (χ1n) is 6.77. The molecule has 17 heavy (non-hydrogen) atoms. The zero-order valence-corrected chi connectivity index (χ0v) is 11.3. The Morgan fingerprint density at radius 3 is 2.18 bits per heavy atom. The molecule has 0 bridgehead atoms. The lowest BCUT2D eigenvalue weighted by Crippen LogP contribution is -1.87. The SMILES string of the molecule is C.CC(=O)C/C=C\CCCCCCCC(C)C.